The zero-order valence-electron chi connectivity index (χ0n) is 37.3. The van der Waals surface area contributed by atoms with Gasteiger partial charge in [-0.2, -0.15) is 0 Å². The molecule has 1 N–H and O–H groups in total. The maximum atomic E-state index is 12.4. The Hall–Kier alpha value is -4.85. The zero-order valence-corrected chi connectivity index (χ0v) is 37.3. The highest BCUT2D eigenvalue weighted by atomic mass is 16.5. The van der Waals surface area contributed by atoms with Gasteiger partial charge in [0, 0.05) is 0 Å². The summed E-state index contributed by atoms with van der Waals surface area (Å²) in [6.07, 6.45) is 18.0. The fraction of sp³-hybridized carbons (Fsp3) is 0.519. The van der Waals surface area contributed by atoms with Gasteiger partial charge in [-0.3, -0.25) is 0 Å². The molecule has 4 rings (SSSR count). The van der Waals surface area contributed by atoms with Crippen LogP contribution in [-0.2, 0) is 19.8 Å². The van der Waals surface area contributed by atoms with Crippen molar-refractivity contribution in [3.05, 3.63) is 107 Å². The fourth-order valence-electron chi connectivity index (χ4n) is 6.98. The van der Waals surface area contributed by atoms with Crippen molar-refractivity contribution in [1.82, 2.24) is 0 Å². The molecule has 3 atom stereocenters. The summed E-state index contributed by atoms with van der Waals surface area (Å²) in [4.78, 5) is 12.4. The van der Waals surface area contributed by atoms with Crippen molar-refractivity contribution in [2.24, 2.45) is 0 Å². The lowest BCUT2D eigenvalue weighted by atomic mass is 10.1. The normalized spacial score (nSPS) is 12.6. The third kappa shape index (κ3) is 17.8. The Labute approximate surface area is 360 Å². The molecule has 0 bridgehead atoms. The van der Waals surface area contributed by atoms with E-state index in [9.17, 15) is 9.90 Å². The van der Waals surface area contributed by atoms with Gasteiger partial charge in [0.25, 0.3) is 0 Å². The second kappa shape index (κ2) is 27.1. The first-order chi connectivity index (χ1) is 29.2. The zero-order chi connectivity index (χ0) is 43.0. The second-order valence-corrected chi connectivity index (χ2v) is 16.2. The van der Waals surface area contributed by atoms with Crippen LogP contribution in [0.15, 0.2) is 84.9 Å². The summed E-state index contributed by atoms with van der Waals surface area (Å²) in [6.45, 7) is 13.6. The van der Waals surface area contributed by atoms with Crippen molar-refractivity contribution in [1.29, 1.82) is 0 Å². The maximum Gasteiger partial charge on any atom is 0.335 e. The van der Waals surface area contributed by atoms with Gasteiger partial charge in [0.15, 0.2) is 11.5 Å². The Morgan fingerprint density at radius 3 is 1.08 bits per heavy atom. The SMILES string of the molecule is CCCCCC[C@@H](C)Oc1ccc(COc2cc(C(=O)O)cc(OCc3ccc(O[C@H](C)CCCCCC)cc3)c2OCc2ccc(O[C@H](C)CCCCCC)cc2)cc1. The van der Waals surface area contributed by atoms with Crippen LogP contribution in [0.2, 0.25) is 0 Å². The summed E-state index contributed by atoms with van der Waals surface area (Å²) >= 11 is 0. The molecule has 328 valence electrons. The highest BCUT2D eigenvalue weighted by molar-refractivity contribution is 5.89. The molecular weight excluding hydrogens is 753 g/mol. The molecule has 0 aliphatic carbocycles. The Kier molecular flexibility index (Phi) is 21.6. The van der Waals surface area contributed by atoms with Crippen LogP contribution in [0.4, 0.5) is 0 Å². The number of carbonyl (C=O) groups is 1. The highest BCUT2D eigenvalue weighted by Gasteiger charge is 2.20. The molecule has 0 radical (unpaired) electrons. The molecule has 0 unspecified atom stereocenters. The number of aromatic carboxylic acids is 1. The average Bonchev–Trinajstić information content (AvgIpc) is 3.25. The van der Waals surface area contributed by atoms with Gasteiger partial charge in [-0.25, -0.2) is 4.79 Å². The standard InChI is InChI=1S/C52H72O8/c1-7-10-13-16-19-39(4)58-46-28-22-42(23-29-46)36-55-49-34-45(52(53)54)35-50(56-37-43-24-30-47(31-25-43)59-40(5)20-17-14-11-8-2)51(49)57-38-44-26-32-48(33-27-44)60-41(6)21-18-15-12-9-3/h22-35,39-41H,7-21,36-38H2,1-6H3,(H,53,54)/t39-,40-,41-/m1/s1. The monoisotopic (exact) mass is 825 g/mol. The van der Waals surface area contributed by atoms with Crippen LogP contribution in [0.25, 0.3) is 0 Å². The first kappa shape index (κ1) is 47.8. The molecule has 0 fully saturated rings. The van der Waals surface area contributed by atoms with Gasteiger partial charge in [-0.05, 0) is 125 Å². The molecular formula is C52H72O8. The highest BCUT2D eigenvalue weighted by Crippen LogP contribution is 2.41. The molecule has 0 saturated carbocycles. The predicted octanol–water partition coefficient (Wildman–Crippen LogP) is 14.3. The lowest BCUT2D eigenvalue weighted by molar-refractivity contribution is 0.0695. The molecule has 0 saturated heterocycles. The molecule has 0 aliphatic heterocycles. The summed E-state index contributed by atoms with van der Waals surface area (Å²) in [5.74, 6) is 2.22. The van der Waals surface area contributed by atoms with E-state index in [1.807, 2.05) is 72.8 Å². The van der Waals surface area contributed by atoms with Gasteiger partial charge in [0.05, 0.1) is 23.9 Å². The van der Waals surface area contributed by atoms with Gasteiger partial charge in [0.1, 0.15) is 37.1 Å². The van der Waals surface area contributed by atoms with E-state index in [4.69, 9.17) is 28.4 Å². The molecule has 0 spiro atoms. The molecule has 4 aromatic carbocycles. The van der Waals surface area contributed by atoms with Crippen molar-refractivity contribution in [3.63, 3.8) is 0 Å². The van der Waals surface area contributed by atoms with Gasteiger partial charge in [-0.1, -0.05) is 115 Å². The number of carboxylic acid groups (broad SMARTS) is 1. The third-order valence-corrected chi connectivity index (χ3v) is 10.6. The number of unbranched alkanes of at least 4 members (excludes halogenated alkanes) is 9. The minimum Gasteiger partial charge on any atom is -0.491 e. The van der Waals surface area contributed by atoms with Crippen LogP contribution in [0.5, 0.6) is 34.5 Å². The minimum absolute atomic E-state index is 0.0333. The van der Waals surface area contributed by atoms with Crippen LogP contribution in [-0.4, -0.2) is 29.4 Å². The fourth-order valence-corrected chi connectivity index (χ4v) is 6.98. The van der Waals surface area contributed by atoms with E-state index in [0.717, 1.165) is 72.5 Å². The Bertz CT molecular complexity index is 1680. The number of rotatable bonds is 31. The molecule has 0 aliphatic rings. The Balaban J connectivity index is 1.48. The topological polar surface area (TPSA) is 92.7 Å². The lowest BCUT2D eigenvalue weighted by Gasteiger charge is -2.19. The van der Waals surface area contributed by atoms with Crippen molar-refractivity contribution in [2.45, 2.75) is 176 Å². The number of benzene rings is 4. The Morgan fingerprint density at radius 1 is 0.467 bits per heavy atom. The summed E-state index contributed by atoms with van der Waals surface area (Å²) in [5.41, 5.74) is 2.76. The molecule has 4 aromatic rings. The van der Waals surface area contributed by atoms with E-state index in [-0.39, 0.29) is 55.2 Å². The minimum atomic E-state index is -1.10. The molecule has 0 amide bonds. The van der Waals surface area contributed by atoms with Gasteiger partial charge in [-0.15, -0.1) is 0 Å². The summed E-state index contributed by atoms with van der Waals surface area (Å²) in [5, 5.41) is 10.1. The number of hydrogen-bond acceptors (Lipinski definition) is 7. The number of hydrogen-bond donors (Lipinski definition) is 1. The second-order valence-electron chi connectivity index (χ2n) is 16.2. The molecule has 60 heavy (non-hydrogen) atoms. The van der Waals surface area contributed by atoms with Gasteiger partial charge >= 0.3 is 5.97 Å². The molecule has 0 aromatic heterocycles. The molecule has 8 nitrogen and oxygen atoms in total. The van der Waals surface area contributed by atoms with Crippen LogP contribution in [0.3, 0.4) is 0 Å². The quantitative estimate of drug-likeness (QED) is 0.0502. The van der Waals surface area contributed by atoms with Gasteiger partial charge < -0.3 is 33.5 Å². The first-order valence-corrected chi connectivity index (χ1v) is 22.7. The van der Waals surface area contributed by atoms with Crippen molar-refractivity contribution >= 4 is 5.97 Å². The van der Waals surface area contributed by atoms with Crippen LogP contribution in [0.1, 0.15) is 165 Å². The van der Waals surface area contributed by atoms with Crippen LogP contribution in [0, 0.1) is 0 Å². The van der Waals surface area contributed by atoms with Crippen molar-refractivity contribution in [3.8, 4) is 34.5 Å². The van der Waals surface area contributed by atoms with E-state index in [1.54, 1.807) is 0 Å². The smallest absolute Gasteiger partial charge is 0.335 e. The lowest BCUT2D eigenvalue weighted by Crippen LogP contribution is -2.11. The van der Waals surface area contributed by atoms with E-state index >= 15 is 0 Å². The molecule has 0 heterocycles. The van der Waals surface area contributed by atoms with E-state index in [2.05, 4.69) is 41.5 Å². The predicted molar refractivity (Wildman–Crippen MR) is 242 cm³/mol. The number of carboxylic acids is 1. The summed E-state index contributed by atoms with van der Waals surface area (Å²) in [7, 11) is 0. The van der Waals surface area contributed by atoms with Crippen LogP contribution >= 0.6 is 0 Å². The van der Waals surface area contributed by atoms with Crippen LogP contribution < -0.4 is 28.4 Å². The van der Waals surface area contributed by atoms with Crippen molar-refractivity contribution < 1.29 is 38.3 Å². The van der Waals surface area contributed by atoms with E-state index < -0.39 is 5.97 Å². The number of ether oxygens (including phenoxy) is 6. The summed E-state index contributed by atoms with van der Waals surface area (Å²) in [6, 6.07) is 26.6. The third-order valence-electron chi connectivity index (χ3n) is 10.6. The molecule has 8 heteroatoms. The van der Waals surface area contributed by atoms with E-state index in [0.29, 0.717) is 5.75 Å². The Morgan fingerprint density at radius 2 is 0.783 bits per heavy atom. The van der Waals surface area contributed by atoms with Crippen molar-refractivity contribution in [2.75, 3.05) is 0 Å². The maximum absolute atomic E-state index is 12.4. The average molecular weight is 825 g/mol. The first-order valence-electron chi connectivity index (χ1n) is 22.7. The van der Waals surface area contributed by atoms with E-state index in [1.165, 1.54) is 69.9 Å². The largest absolute Gasteiger partial charge is 0.491 e. The summed E-state index contributed by atoms with van der Waals surface area (Å²) < 4.78 is 37.7. The van der Waals surface area contributed by atoms with Gasteiger partial charge in [0.2, 0.25) is 5.75 Å².